The number of halogens is 1. The highest BCUT2D eigenvalue weighted by atomic mass is 127. The molecule has 8 heteroatoms. The minimum atomic E-state index is -0.0519. The summed E-state index contributed by atoms with van der Waals surface area (Å²) in [6.45, 7) is 10.1. The van der Waals surface area contributed by atoms with Crippen molar-refractivity contribution in [1.82, 2.24) is 20.6 Å². The molecule has 3 rings (SSSR count). The molecule has 0 aliphatic heterocycles. The number of guanidine groups is 1. The molecule has 0 amide bonds. The Labute approximate surface area is 202 Å². The zero-order valence-electron chi connectivity index (χ0n) is 19.1. The van der Waals surface area contributed by atoms with Crippen molar-refractivity contribution < 1.29 is 9.15 Å². The fourth-order valence-corrected chi connectivity index (χ4v) is 3.34. The second-order valence-corrected chi connectivity index (χ2v) is 8.80. The monoisotopic (exact) mass is 541 g/mol. The highest BCUT2D eigenvalue weighted by Gasteiger charge is 2.19. The number of nitrogens with zero attached hydrogens (tertiary/aromatic N) is 3. The van der Waals surface area contributed by atoms with E-state index in [0.717, 1.165) is 36.7 Å². The van der Waals surface area contributed by atoms with Gasteiger partial charge in [-0.05, 0) is 38.2 Å². The highest BCUT2D eigenvalue weighted by Crippen LogP contribution is 2.23. The number of hydrogen-bond donors (Lipinski definition) is 2. The standard InChI is InChI=1S/C23H35N5O2.HI/c1-5-24-22(28-16-21-26-15-19(30-21)23(2,3)4)27-14-17-11-12-20(25-13-17)29-18-9-7-6-8-10-18;/h11-13,15,18H,5-10,14,16H2,1-4H3,(H2,24,27,28);1H. The Morgan fingerprint density at radius 3 is 2.52 bits per heavy atom. The van der Waals surface area contributed by atoms with E-state index in [1.165, 1.54) is 19.3 Å². The summed E-state index contributed by atoms with van der Waals surface area (Å²) in [5, 5.41) is 6.53. The fraction of sp³-hybridized carbons (Fsp3) is 0.609. The molecule has 2 aromatic rings. The Hall–Kier alpha value is -1.84. The molecule has 0 saturated heterocycles. The molecule has 0 bridgehead atoms. The minimum Gasteiger partial charge on any atom is -0.474 e. The zero-order valence-corrected chi connectivity index (χ0v) is 21.4. The highest BCUT2D eigenvalue weighted by molar-refractivity contribution is 14.0. The lowest BCUT2D eigenvalue weighted by Gasteiger charge is -2.22. The fourth-order valence-electron chi connectivity index (χ4n) is 3.34. The summed E-state index contributed by atoms with van der Waals surface area (Å²) < 4.78 is 11.8. The lowest BCUT2D eigenvalue weighted by Crippen LogP contribution is -2.36. The van der Waals surface area contributed by atoms with E-state index in [4.69, 9.17) is 9.15 Å². The van der Waals surface area contributed by atoms with E-state index in [2.05, 4.69) is 46.4 Å². The van der Waals surface area contributed by atoms with E-state index in [1.54, 1.807) is 6.20 Å². The molecule has 172 valence electrons. The summed E-state index contributed by atoms with van der Waals surface area (Å²) in [6, 6.07) is 3.97. The molecule has 1 aliphatic rings. The molecule has 2 N–H and O–H groups in total. The summed E-state index contributed by atoms with van der Waals surface area (Å²) in [7, 11) is 0. The largest absolute Gasteiger partial charge is 0.474 e. The van der Waals surface area contributed by atoms with Crippen molar-refractivity contribution in [2.75, 3.05) is 6.54 Å². The van der Waals surface area contributed by atoms with Gasteiger partial charge < -0.3 is 19.8 Å². The topological polar surface area (TPSA) is 84.6 Å². The average Bonchev–Trinajstić information content (AvgIpc) is 3.22. The van der Waals surface area contributed by atoms with Gasteiger partial charge in [0.05, 0.1) is 19.3 Å². The molecule has 0 aromatic carbocycles. The van der Waals surface area contributed by atoms with Gasteiger partial charge >= 0.3 is 0 Å². The first-order valence-electron chi connectivity index (χ1n) is 11.0. The Morgan fingerprint density at radius 2 is 1.90 bits per heavy atom. The van der Waals surface area contributed by atoms with E-state index in [1.807, 2.05) is 25.3 Å². The minimum absolute atomic E-state index is 0. The molecular weight excluding hydrogens is 505 g/mol. The van der Waals surface area contributed by atoms with Crippen LogP contribution in [-0.2, 0) is 18.5 Å². The van der Waals surface area contributed by atoms with Gasteiger partial charge in [0.1, 0.15) is 11.9 Å². The van der Waals surface area contributed by atoms with Crippen molar-refractivity contribution in [3.05, 3.63) is 41.7 Å². The van der Waals surface area contributed by atoms with Crippen LogP contribution in [0, 0.1) is 0 Å². The Balaban J connectivity index is 0.00000341. The maximum Gasteiger partial charge on any atom is 0.213 e. The molecule has 1 aliphatic carbocycles. The van der Waals surface area contributed by atoms with Gasteiger partial charge in [-0.15, -0.1) is 24.0 Å². The number of oxazole rings is 1. The second-order valence-electron chi connectivity index (χ2n) is 8.80. The van der Waals surface area contributed by atoms with Crippen LogP contribution in [0.1, 0.15) is 77.0 Å². The van der Waals surface area contributed by atoms with Gasteiger partial charge in [0.15, 0.2) is 5.96 Å². The van der Waals surface area contributed by atoms with Crippen LogP contribution in [0.25, 0.3) is 0 Å². The first kappa shape index (κ1) is 25.4. The maximum atomic E-state index is 6.00. The number of hydrogen-bond acceptors (Lipinski definition) is 5. The summed E-state index contributed by atoms with van der Waals surface area (Å²) in [5.41, 5.74) is 0.985. The predicted molar refractivity (Wildman–Crippen MR) is 134 cm³/mol. The van der Waals surface area contributed by atoms with Crippen LogP contribution in [0.4, 0.5) is 0 Å². The van der Waals surface area contributed by atoms with Gasteiger partial charge in [0, 0.05) is 24.2 Å². The zero-order chi connectivity index (χ0) is 21.4. The van der Waals surface area contributed by atoms with Gasteiger partial charge in [0.25, 0.3) is 0 Å². The first-order chi connectivity index (χ1) is 14.4. The molecule has 0 radical (unpaired) electrons. The van der Waals surface area contributed by atoms with Gasteiger partial charge in [-0.2, -0.15) is 0 Å². The average molecular weight is 541 g/mol. The third kappa shape index (κ3) is 8.31. The van der Waals surface area contributed by atoms with Crippen molar-refractivity contribution in [2.24, 2.45) is 4.99 Å². The summed E-state index contributed by atoms with van der Waals surface area (Å²) >= 11 is 0. The lowest BCUT2D eigenvalue weighted by atomic mass is 9.94. The molecule has 1 saturated carbocycles. The Bertz CT molecular complexity index is 808. The molecule has 31 heavy (non-hydrogen) atoms. The third-order valence-electron chi connectivity index (χ3n) is 5.10. The van der Waals surface area contributed by atoms with Crippen LogP contribution >= 0.6 is 24.0 Å². The van der Waals surface area contributed by atoms with Gasteiger partial charge in [-0.1, -0.05) is 33.3 Å². The summed E-state index contributed by atoms with van der Waals surface area (Å²) in [6.07, 6.45) is 10.0. The van der Waals surface area contributed by atoms with E-state index < -0.39 is 0 Å². The van der Waals surface area contributed by atoms with Crippen molar-refractivity contribution in [3.63, 3.8) is 0 Å². The maximum absolute atomic E-state index is 6.00. The summed E-state index contributed by atoms with van der Waals surface area (Å²) in [4.78, 5) is 13.5. The molecule has 0 spiro atoms. The number of aromatic nitrogens is 2. The van der Waals surface area contributed by atoms with Crippen LogP contribution in [0.5, 0.6) is 5.88 Å². The molecule has 0 atom stereocenters. The van der Waals surface area contributed by atoms with Crippen molar-refractivity contribution >= 4 is 29.9 Å². The number of aliphatic imine (C=N–C) groups is 1. The van der Waals surface area contributed by atoms with Gasteiger partial charge in [0.2, 0.25) is 11.8 Å². The third-order valence-corrected chi connectivity index (χ3v) is 5.10. The Kier molecular flexibility index (Phi) is 10.1. The number of rotatable bonds is 7. The Morgan fingerprint density at radius 1 is 1.13 bits per heavy atom. The van der Waals surface area contributed by atoms with E-state index in [-0.39, 0.29) is 29.4 Å². The number of pyridine rings is 1. The van der Waals surface area contributed by atoms with Crippen LogP contribution in [0.15, 0.2) is 33.9 Å². The second kappa shape index (κ2) is 12.3. The molecular formula is C23H36IN5O2. The van der Waals surface area contributed by atoms with E-state index in [9.17, 15) is 0 Å². The van der Waals surface area contributed by atoms with Gasteiger partial charge in [-0.25, -0.2) is 15.0 Å². The first-order valence-corrected chi connectivity index (χ1v) is 11.0. The van der Waals surface area contributed by atoms with Crippen LogP contribution in [0.3, 0.4) is 0 Å². The summed E-state index contributed by atoms with van der Waals surface area (Å²) in [5.74, 6) is 2.95. The quantitative estimate of drug-likeness (QED) is 0.293. The molecule has 2 heterocycles. The smallest absolute Gasteiger partial charge is 0.213 e. The lowest BCUT2D eigenvalue weighted by molar-refractivity contribution is 0.148. The molecule has 7 nitrogen and oxygen atoms in total. The molecule has 0 unspecified atom stereocenters. The van der Waals surface area contributed by atoms with Crippen molar-refractivity contribution in [2.45, 2.75) is 84.4 Å². The van der Waals surface area contributed by atoms with E-state index in [0.29, 0.717) is 31.0 Å². The normalized spacial score (nSPS) is 15.3. The molecule has 1 fully saturated rings. The number of nitrogens with one attached hydrogen (secondary N) is 2. The predicted octanol–water partition coefficient (Wildman–Crippen LogP) is 4.95. The van der Waals surface area contributed by atoms with Crippen molar-refractivity contribution in [1.29, 1.82) is 0 Å². The SMILES string of the molecule is CCNC(=NCc1ccc(OC2CCCCC2)nc1)NCc1ncc(C(C)(C)C)o1.I. The van der Waals surface area contributed by atoms with E-state index >= 15 is 0 Å². The molecule has 2 aromatic heterocycles. The van der Waals surface area contributed by atoms with Crippen LogP contribution < -0.4 is 15.4 Å². The van der Waals surface area contributed by atoms with Gasteiger partial charge in [-0.3, -0.25) is 0 Å². The van der Waals surface area contributed by atoms with Crippen molar-refractivity contribution in [3.8, 4) is 5.88 Å². The van der Waals surface area contributed by atoms with Crippen LogP contribution in [0.2, 0.25) is 0 Å². The number of ether oxygens (including phenoxy) is 1. The van der Waals surface area contributed by atoms with Crippen LogP contribution in [-0.4, -0.2) is 28.6 Å².